The highest BCUT2D eigenvalue weighted by Gasteiger charge is 2.09. The van der Waals surface area contributed by atoms with Crippen LogP contribution in [0, 0.1) is 17.2 Å². The first kappa shape index (κ1) is 14.4. The maximum atomic E-state index is 11.1. The van der Waals surface area contributed by atoms with Gasteiger partial charge in [0.25, 0.3) is 0 Å². The van der Waals surface area contributed by atoms with Gasteiger partial charge < -0.3 is 9.47 Å². The number of hydrogen-bond donors (Lipinski definition) is 0. The minimum atomic E-state index is -0.475. The Morgan fingerprint density at radius 1 is 1.19 bits per heavy atom. The van der Waals surface area contributed by atoms with Crippen molar-refractivity contribution in [3.8, 4) is 6.07 Å². The molecular formula is C11H17NO4. The van der Waals surface area contributed by atoms with Crippen molar-refractivity contribution in [1.29, 1.82) is 5.26 Å². The lowest BCUT2D eigenvalue weighted by molar-refractivity contribution is -0.150. The van der Waals surface area contributed by atoms with Crippen LogP contribution in [0.4, 0.5) is 0 Å². The van der Waals surface area contributed by atoms with E-state index in [1.165, 1.54) is 0 Å². The number of nitriles is 1. The second kappa shape index (κ2) is 8.72. The molecule has 0 amide bonds. The molecule has 0 aliphatic rings. The van der Waals surface area contributed by atoms with E-state index in [0.29, 0.717) is 6.61 Å². The Morgan fingerprint density at radius 3 is 2.25 bits per heavy atom. The summed E-state index contributed by atoms with van der Waals surface area (Å²) in [5, 5.41) is 8.20. The molecule has 0 unspecified atom stereocenters. The molecule has 16 heavy (non-hydrogen) atoms. The van der Waals surface area contributed by atoms with Gasteiger partial charge in [-0.3, -0.25) is 9.59 Å². The lowest BCUT2D eigenvalue weighted by atomic mass is 10.2. The highest BCUT2D eigenvalue weighted by atomic mass is 16.5. The third-order valence-electron chi connectivity index (χ3n) is 1.59. The fraction of sp³-hybridized carbons (Fsp3) is 0.727. The summed E-state index contributed by atoms with van der Waals surface area (Å²) in [7, 11) is 0. The number of esters is 2. The molecule has 0 saturated heterocycles. The molecule has 5 nitrogen and oxygen atoms in total. The number of carbonyl (C=O) groups excluding carboxylic acids is 2. The predicted molar refractivity (Wildman–Crippen MR) is 56.2 cm³/mol. The van der Waals surface area contributed by atoms with Crippen LogP contribution in [0.25, 0.3) is 0 Å². The van der Waals surface area contributed by atoms with Gasteiger partial charge in [0.1, 0.15) is 6.61 Å². The Bertz CT molecular complexity index is 268. The number of rotatable bonds is 7. The second-order valence-electron chi connectivity index (χ2n) is 3.71. The monoisotopic (exact) mass is 227 g/mol. The van der Waals surface area contributed by atoms with Crippen molar-refractivity contribution in [2.75, 3.05) is 13.2 Å². The summed E-state index contributed by atoms with van der Waals surface area (Å²) in [5.41, 5.74) is 0. The molecular weight excluding hydrogens is 210 g/mol. The summed E-state index contributed by atoms with van der Waals surface area (Å²) in [6.07, 6.45) is 0.198. The largest absolute Gasteiger partial charge is 0.465 e. The normalized spacial score (nSPS) is 9.62. The van der Waals surface area contributed by atoms with Crippen LogP contribution < -0.4 is 0 Å². The van der Waals surface area contributed by atoms with Crippen molar-refractivity contribution >= 4 is 11.9 Å². The molecule has 0 atom stereocenters. The van der Waals surface area contributed by atoms with Crippen LogP contribution >= 0.6 is 0 Å². The Balaban J connectivity index is 3.52. The molecule has 0 radical (unpaired) electrons. The van der Waals surface area contributed by atoms with Crippen molar-refractivity contribution in [3.63, 3.8) is 0 Å². The lowest BCUT2D eigenvalue weighted by Crippen LogP contribution is -2.13. The SMILES string of the molecule is CC(C)COC(=O)CCC(=O)OCCC#N. The van der Waals surface area contributed by atoms with Gasteiger partial charge in [0.05, 0.1) is 31.9 Å². The van der Waals surface area contributed by atoms with Crippen molar-refractivity contribution in [1.82, 2.24) is 0 Å². The Morgan fingerprint density at radius 2 is 1.75 bits per heavy atom. The first-order valence-corrected chi connectivity index (χ1v) is 5.24. The molecule has 0 aliphatic heterocycles. The molecule has 0 aromatic carbocycles. The number of carbonyl (C=O) groups is 2. The van der Waals surface area contributed by atoms with E-state index < -0.39 is 11.9 Å². The average molecular weight is 227 g/mol. The van der Waals surface area contributed by atoms with Crippen molar-refractivity contribution < 1.29 is 19.1 Å². The molecule has 0 aliphatic carbocycles. The van der Waals surface area contributed by atoms with Gasteiger partial charge in [-0.1, -0.05) is 13.8 Å². The van der Waals surface area contributed by atoms with E-state index in [4.69, 9.17) is 10.00 Å². The number of hydrogen-bond acceptors (Lipinski definition) is 5. The van der Waals surface area contributed by atoms with Crippen LogP contribution in [-0.2, 0) is 19.1 Å². The zero-order chi connectivity index (χ0) is 12.4. The van der Waals surface area contributed by atoms with Crippen LogP contribution in [-0.4, -0.2) is 25.2 Å². The topological polar surface area (TPSA) is 76.4 Å². The van der Waals surface area contributed by atoms with Gasteiger partial charge in [0.15, 0.2) is 0 Å². The fourth-order valence-corrected chi connectivity index (χ4v) is 0.819. The molecule has 0 aromatic heterocycles. The van der Waals surface area contributed by atoms with Gasteiger partial charge in [-0.2, -0.15) is 5.26 Å². The van der Waals surface area contributed by atoms with E-state index in [2.05, 4.69) is 4.74 Å². The molecule has 0 heterocycles. The molecule has 90 valence electrons. The molecule has 5 heteroatoms. The first-order valence-electron chi connectivity index (χ1n) is 5.24. The van der Waals surface area contributed by atoms with Crippen molar-refractivity contribution in [2.45, 2.75) is 33.1 Å². The summed E-state index contributed by atoms with van der Waals surface area (Å²) >= 11 is 0. The molecule has 0 N–H and O–H groups in total. The summed E-state index contributed by atoms with van der Waals surface area (Å²) in [4.78, 5) is 22.1. The Labute approximate surface area is 95.3 Å². The van der Waals surface area contributed by atoms with E-state index in [1.54, 1.807) is 0 Å². The van der Waals surface area contributed by atoms with Crippen LogP contribution in [0.2, 0.25) is 0 Å². The molecule has 0 aromatic rings. The Hall–Kier alpha value is -1.57. The average Bonchev–Trinajstić information content (AvgIpc) is 2.24. The molecule has 0 rings (SSSR count). The highest BCUT2D eigenvalue weighted by molar-refractivity contribution is 5.77. The van der Waals surface area contributed by atoms with E-state index in [1.807, 2.05) is 19.9 Å². The van der Waals surface area contributed by atoms with Crippen LogP contribution in [0.15, 0.2) is 0 Å². The quantitative estimate of drug-likeness (QED) is 0.485. The fourth-order valence-electron chi connectivity index (χ4n) is 0.819. The van der Waals surface area contributed by atoms with Gasteiger partial charge in [-0.05, 0) is 5.92 Å². The second-order valence-corrected chi connectivity index (χ2v) is 3.71. The van der Waals surface area contributed by atoms with Crippen LogP contribution in [0.1, 0.15) is 33.1 Å². The van der Waals surface area contributed by atoms with E-state index in [-0.39, 0.29) is 31.8 Å². The minimum Gasteiger partial charge on any atom is -0.465 e. The standard InChI is InChI=1S/C11H17NO4/c1-9(2)8-16-11(14)5-4-10(13)15-7-3-6-12/h9H,3-5,7-8H2,1-2H3. The van der Waals surface area contributed by atoms with E-state index in [0.717, 1.165) is 0 Å². The van der Waals surface area contributed by atoms with Gasteiger partial charge in [-0.25, -0.2) is 0 Å². The van der Waals surface area contributed by atoms with Crippen molar-refractivity contribution in [3.05, 3.63) is 0 Å². The molecule has 0 fully saturated rings. The smallest absolute Gasteiger partial charge is 0.306 e. The van der Waals surface area contributed by atoms with Crippen LogP contribution in [0.3, 0.4) is 0 Å². The van der Waals surface area contributed by atoms with Crippen LogP contribution in [0.5, 0.6) is 0 Å². The van der Waals surface area contributed by atoms with Gasteiger partial charge in [0.2, 0.25) is 0 Å². The van der Waals surface area contributed by atoms with Gasteiger partial charge in [-0.15, -0.1) is 0 Å². The van der Waals surface area contributed by atoms with Gasteiger partial charge >= 0.3 is 11.9 Å². The summed E-state index contributed by atoms with van der Waals surface area (Å²) in [6.45, 7) is 4.31. The summed E-state index contributed by atoms with van der Waals surface area (Å²) in [5.74, 6) is -0.589. The predicted octanol–water partition coefficient (Wildman–Crippen LogP) is 1.42. The highest BCUT2D eigenvalue weighted by Crippen LogP contribution is 1.99. The maximum absolute atomic E-state index is 11.1. The summed E-state index contributed by atoms with van der Waals surface area (Å²) < 4.78 is 9.57. The third kappa shape index (κ3) is 9.00. The number of nitrogens with zero attached hydrogens (tertiary/aromatic N) is 1. The molecule has 0 saturated carbocycles. The van der Waals surface area contributed by atoms with E-state index in [9.17, 15) is 9.59 Å². The molecule has 0 spiro atoms. The zero-order valence-electron chi connectivity index (χ0n) is 9.69. The first-order chi connectivity index (χ1) is 7.56. The van der Waals surface area contributed by atoms with Crippen molar-refractivity contribution in [2.24, 2.45) is 5.92 Å². The number of ether oxygens (including phenoxy) is 2. The third-order valence-corrected chi connectivity index (χ3v) is 1.59. The van der Waals surface area contributed by atoms with E-state index >= 15 is 0 Å². The Kier molecular flexibility index (Phi) is 7.86. The van der Waals surface area contributed by atoms with Gasteiger partial charge in [0, 0.05) is 0 Å². The zero-order valence-corrected chi connectivity index (χ0v) is 9.69. The molecule has 0 bridgehead atoms. The maximum Gasteiger partial charge on any atom is 0.306 e. The minimum absolute atomic E-state index is 0.00234. The summed E-state index contributed by atoms with van der Waals surface area (Å²) in [6, 6.07) is 1.85. The lowest BCUT2D eigenvalue weighted by Gasteiger charge is -2.06.